The predicted octanol–water partition coefficient (Wildman–Crippen LogP) is 0.650. The molecule has 19 heavy (non-hydrogen) atoms. The number of aliphatic carboxylic acids is 1. The second-order valence-electron chi connectivity index (χ2n) is 5.24. The van der Waals surface area contributed by atoms with Gasteiger partial charge in [-0.3, -0.25) is 9.00 Å². The van der Waals surface area contributed by atoms with Crippen LogP contribution in [0.4, 0.5) is 4.79 Å². The smallest absolute Gasteiger partial charge is 0.323 e. The first kappa shape index (κ1) is 15.9. The molecule has 0 unspecified atom stereocenters. The lowest BCUT2D eigenvalue weighted by molar-refractivity contribution is -0.137. The van der Waals surface area contributed by atoms with E-state index in [2.05, 4.69) is 5.32 Å². The largest absolute Gasteiger partial charge is 0.480 e. The van der Waals surface area contributed by atoms with E-state index >= 15 is 0 Å². The zero-order chi connectivity index (χ0) is 14.4. The molecule has 0 aromatic carbocycles. The molecule has 0 aromatic heterocycles. The monoisotopic (exact) mass is 290 g/mol. The molecule has 1 heterocycles. The molecule has 6 nitrogen and oxygen atoms in total. The Morgan fingerprint density at radius 2 is 1.95 bits per heavy atom. The fraction of sp³-hybridized carbons (Fsp3) is 0.833. The molecular weight excluding hydrogens is 268 g/mol. The van der Waals surface area contributed by atoms with Gasteiger partial charge >= 0.3 is 12.0 Å². The first-order chi connectivity index (χ1) is 8.88. The number of carboxylic acid groups (broad SMARTS) is 1. The lowest BCUT2D eigenvalue weighted by Crippen LogP contribution is -2.49. The minimum Gasteiger partial charge on any atom is -0.480 e. The van der Waals surface area contributed by atoms with Crippen LogP contribution in [0.5, 0.6) is 0 Å². The molecule has 7 heteroatoms. The van der Waals surface area contributed by atoms with Crippen LogP contribution in [0.15, 0.2) is 0 Å². The Morgan fingerprint density at radius 1 is 1.37 bits per heavy atom. The van der Waals surface area contributed by atoms with Gasteiger partial charge in [-0.15, -0.1) is 0 Å². The average Bonchev–Trinajstić information content (AvgIpc) is 2.30. The molecule has 1 saturated heterocycles. The van der Waals surface area contributed by atoms with Crippen LogP contribution in [0, 0.1) is 5.92 Å². The summed E-state index contributed by atoms with van der Waals surface area (Å²) in [5, 5.41) is 11.7. The van der Waals surface area contributed by atoms with Crippen molar-refractivity contribution in [2.75, 3.05) is 24.6 Å². The molecule has 0 atom stereocenters. The zero-order valence-corrected chi connectivity index (χ0v) is 12.2. The van der Waals surface area contributed by atoms with Crippen LogP contribution < -0.4 is 5.32 Å². The number of carbonyl (C=O) groups excluding carboxylic acids is 1. The topological polar surface area (TPSA) is 86.7 Å². The maximum atomic E-state index is 12.0. The maximum Gasteiger partial charge on any atom is 0.323 e. The summed E-state index contributed by atoms with van der Waals surface area (Å²) in [6, 6.07) is -0.331. The van der Waals surface area contributed by atoms with Gasteiger partial charge in [-0.05, 0) is 18.8 Å². The van der Waals surface area contributed by atoms with Gasteiger partial charge in [-0.2, -0.15) is 0 Å². The fourth-order valence-electron chi connectivity index (χ4n) is 2.03. The van der Waals surface area contributed by atoms with E-state index in [9.17, 15) is 13.8 Å². The first-order valence-corrected chi connectivity index (χ1v) is 7.99. The van der Waals surface area contributed by atoms with Gasteiger partial charge in [-0.1, -0.05) is 13.8 Å². The molecule has 2 N–H and O–H groups in total. The first-order valence-electron chi connectivity index (χ1n) is 6.50. The van der Waals surface area contributed by atoms with E-state index in [1.165, 1.54) is 4.90 Å². The minimum atomic E-state index is -1.01. The summed E-state index contributed by atoms with van der Waals surface area (Å²) in [5.41, 5.74) is 0. The van der Waals surface area contributed by atoms with E-state index in [-0.39, 0.29) is 24.5 Å². The third-order valence-corrected chi connectivity index (χ3v) is 4.30. The normalized spacial score (nSPS) is 23.1. The number of hydrogen-bond donors (Lipinski definition) is 2. The molecule has 1 fully saturated rings. The Hall–Kier alpha value is -1.11. The van der Waals surface area contributed by atoms with Crippen molar-refractivity contribution in [1.82, 2.24) is 10.2 Å². The summed E-state index contributed by atoms with van der Waals surface area (Å²) in [6.45, 7) is 4.00. The zero-order valence-electron chi connectivity index (χ0n) is 11.4. The number of nitrogens with one attached hydrogen (secondary N) is 1. The third-order valence-electron chi connectivity index (χ3n) is 2.91. The van der Waals surface area contributed by atoms with Crippen LogP contribution in [0.3, 0.4) is 0 Å². The number of amides is 2. The van der Waals surface area contributed by atoms with Crippen LogP contribution in [0.1, 0.15) is 26.7 Å². The van der Waals surface area contributed by atoms with E-state index in [1.807, 2.05) is 13.8 Å². The van der Waals surface area contributed by atoms with Crippen LogP contribution in [-0.2, 0) is 15.6 Å². The minimum absolute atomic E-state index is 0.00802. The highest BCUT2D eigenvalue weighted by Crippen LogP contribution is 2.10. The highest BCUT2D eigenvalue weighted by Gasteiger charge is 2.23. The Balaban J connectivity index is 2.50. The van der Waals surface area contributed by atoms with Crippen molar-refractivity contribution >= 4 is 22.8 Å². The van der Waals surface area contributed by atoms with E-state index in [4.69, 9.17) is 5.11 Å². The highest BCUT2D eigenvalue weighted by atomic mass is 32.2. The second-order valence-corrected chi connectivity index (χ2v) is 6.94. The molecule has 2 amide bonds. The molecule has 0 aliphatic carbocycles. The van der Waals surface area contributed by atoms with E-state index in [0.29, 0.717) is 30.9 Å². The predicted molar refractivity (Wildman–Crippen MR) is 73.5 cm³/mol. The maximum absolute atomic E-state index is 12.0. The molecular formula is C12H22N2O4S. The summed E-state index contributed by atoms with van der Waals surface area (Å²) in [5.74, 6) is 0.409. The molecule has 110 valence electrons. The van der Waals surface area contributed by atoms with E-state index in [0.717, 1.165) is 0 Å². The van der Waals surface area contributed by atoms with Crippen molar-refractivity contribution in [3.05, 3.63) is 0 Å². The quantitative estimate of drug-likeness (QED) is 0.778. The average molecular weight is 290 g/mol. The van der Waals surface area contributed by atoms with Crippen molar-refractivity contribution in [2.45, 2.75) is 32.7 Å². The standard InChI is InChI=1S/C12H22N2O4S/c1-9(2)7-14(8-11(15)16)12(17)13-10-3-5-19(18)6-4-10/h9-10H,3-8H2,1-2H3,(H,13,17)(H,15,16). The fourth-order valence-corrected chi connectivity index (χ4v) is 3.33. The van der Waals surface area contributed by atoms with Crippen molar-refractivity contribution in [1.29, 1.82) is 0 Å². The number of carbonyl (C=O) groups is 2. The second kappa shape index (κ2) is 7.47. The summed E-state index contributed by atoms with van der Waals surface area (Å²) >= 11 is 0. The van der Waals surface area contributed by atoms with E-state index in [1.54, 1.807) is 0 Å². The lowest BCUT2D eigenvalue weighted by Gasteiger charge is -2.28. The van der Waals surface area contributed by atoms with E-state index < -0.39 is 16.8 Å². The molecule has 0 aromatic rings. The van der Waals surface area contributed by atoms with Gasteiger partial charge in [0.25, 0.3) is 0 Å². The molecule has 1 aliphatic heterocycles. The molecule has 0 bridgehead atoms. The Morgan fingerprint density at radius 3 is 2.42 bits per heavy atom. The summed E-state index contributed by atoms with van der Waals surface area (Å²) < 4.78 is 11.2. The van der Waals surface area contributed by atoms with Crippen LogP contribution in [0.25, 0.3) is 0 Å². The van der Waals surface area contributed by atoms with Gasteiger partial charge in [0.15, 0.2) is 0 Å². The third kappa shape index (κ3) is 6.04. The van der Waals surface area contributed by atoms with Gasteiger partial charge in [-0.25, -0.2) is 4.79 Å². The summed E-state index contributed by atoms with van der Waals surface area (Å²) in [6.07, 6.45) is 1.39. The molecule has 1 aliphatic rings. The Kier molecular flexibility index (Phi) is 6.27. The number of nitrogens with zero attached hydrogens (tertiary/aromatic N) is 1. The Bertz CT molecular complexity index is 350. The van der Waals surface area contributed by atoms with Gasteiger partial charge in [0.05, 0.1) is 0 Å². The highest BCUT2D eigenvalue weighted by molar-refractivity contribution is 7.85. The number of hydrogen-bond acceptors (Lipinski definition) is 3. The van der Waals surface area contributed by atoms with Gasteiger partial charge < -0.3 is 15.3 Å². The van der Waals surface area contributed by atoms with Gasteiger partial charge in [0.2, 0.25) is 0 Å². The Labute approximate surface area is 116 Å². The molecule has 0 radical (unpaired) electrons. The van der Waals surface area contributed by atoms with Crippen LogP contribution in [-0.4, -0.2) is 56.9 Å². The number of urea groups is 1. The van der Waals surface area contributed by atoms with Gasteiger partial charge in [0.1, 0.15) is 6.54 Å². The van der Waals surface area contributed by atoms with Crippen molar-refractivity contribution in [2.24, 2.45) is 5.92 Å². The SMILES string of the molecule is CC(C)CN(CC(=O)O)C(=O)NC1CCS(=O)CC1. The summed E-state index contributed by atoms with van der Waals surface area (Å²) in [4.78, 5) is 24.1. The molecule has 0 saturated carbocycles. The number of carboxylic acids is 1. The van der Waals surface area contributed by atoms with Crippen molar-refractivity contribution in [3.8, 4) is 0 Å². The van der Waals surface area contributed by atoms with Crippen LogP contribution in [0.2, 0.25) is 0 Å². The van der Waals surface area contributed by atoms with Crippen molar-refractivity contribution in [3.63, 3.8) is 0 Å². The molecule has 0 spiro atoms. The molecule has 1 rings (SSSR count). The van der Waals surface area contributed by atoms with Gasteiger partial charge in [0, 0.05) is 34.9 Å². The van der Waals surface area contributed by atoms with Crippen LogP contribution >= 0.6 is 0 Å². The number of rotatable bonds is 5. The summed E-state index contributed by atoms with van der Waals surface area (Å²) in [7, 11) is -0.764. The lowest BCUT2D eigenvalue weighted by atomic mass is 10.1. The van der Waals surface area contributed by atoms with Crippen molar-refractivity contribution < 1.29 is 18.9 Å².